The van der Waals surface area contributed by atoms with Crippen LogP contribution in [0.2, 0.25) is 0 Å². The van der Waals surface area contributed by atoms with E-state index in [1.54, 1.807) is 17.8 Å². The number of hydrogen-bond acceptors (Lipinski definition) is 2. The van der Waals surface area contributed by atoms with Crippen LogP contribution in [0.1, 0.15) is 27.0 Å². The summed E-state index contributed by atoms with van der Waals surface area (Å²) in [5.74, 6) is -0.00902. The molecule has 19 heavy (non-hydrogen) atoms. The van der Waals surface area contributed by atoms with Crippen LogP contribution < -0.4 is 0 Å². The van der Waals surface area contributed by atoms with Gasteiger partial charge in [0.05, 0.1) is 5.56 Å². The van der Waals surface area contributed by atoms with E-state index in [-0.39, 0.29) is 0 Å². The molecule has 0 aliphatic carbocycles. The smallest absolute Gasteiger partial charge is 0.335 e. The normalized spacial score (nSPS) is 10.4. The Morgan fingerprint density at radius 3 is 2.53 bits per heavy atom. The van der Waals surface area contributed by atoms with Crippen molar-refractivity contribution in [3.05, 3.63) is 64.7 Å². The number of hydrogen-bond donors (Lipinski definition) is 1. The van der Waals surface area contributed by atoms with Gasteiger partial charge in [0.25, 0.3) is 0 Å². The Morgan fingerprint density at radius 1 is 1.11 bits per heavy atom. The van der Waals surface area contributed by atoms with Gasteiger partial charge >= 0.3 is 5.97 Å². The van der Waals surface area contributed by atoms with Crippen molar-refractivity contribution in [1.82, 2.24) is 0 Å². The first-order valence-electron chi connectivity index (χ1n) is 6.09. The molecule has 2 aromatic rings. The summed E-state index contributed by atoms with van der Waals surface area (Å²) in [6.07, 6.45) is 0. The second-order valence-corrected chi connectivity index (χ2v) is 5.55. The van der Waals surface area contributed by atoms with Gasteiger partial charge in [-0.2, -0.15) is 0 Å². The average Bonchev–Trinajstić information content (AvgIpc) is 2.39. The maximum absolute atomic E-state index is 11.1. The van der Waals surface area contributed by atoms with Crippen LogP contribution in [-0.2, 0) is 5.75 Å². The number of carboxylic acids is 1. The Hall–Kier alpha value is -1.74. The van der Waals surface area contributed by atoms with Crippen molar-refractivity contribution in [1.29, 1.82) is 0 Å². The van der Waals surface area contributed by atoms with E-state index in [4.69, 9.17) is 5.11 Å². The van der Waals surface area contributed by atoms with Gasteiger partial charge in [0.15, 0.2) is 0 Å². The van der Waals surface area contributed by atoms with Gasteiger partial charge in [-0.15, -0.1) is 11.8 Å². The lowest BCUT2D eigenvalue weighted by Crippen LogP contribution is -1.99. The van der Waals surface area contributed by atoms with E-state index in [1.807, 2.05) is 31.2 Å². The fourth-order valence-corrected chi connectivity index (χ4v) is 2.87. The molecule has 2 nitrogen and oxygen atoms in total. The minimum Gasteiger partial charge on any atom is -0.478 e. The van der Waals surface area contributed by atoms with Crippen molar-refractivity contribution in [3.63, 3.8) is 0 Å². The maximum atomic E-state index is 11.1. The van der Waals surface area contributed by atoms with E-state index in [1.165, 1.54) is 11.1 Å². The Kier molecular flexibility index (Phi) is 4.27. The molecular formula is C16H16O2S. The number of aryl methyl sites for hydroxylation is 2. The molecule has 0 saturated heterocycles. The van der Waals surface area contributed by atoms with Crippen molar-refractivity contribution < 1.29 is 9.90 Å². The maximum Gasteiger partial charge on any atom is 0.335 e. The van der Waals surface area contributed by atoms with Crippen LogP contribution in [0.3, 0.4) is 0 Å². The van der Waals surface area contributed by atoms with Crippen LogP contribution in [0, 0.1) is 13.8 Å². The lowest BCUT2D eigenvalue weighted by Gasteiger charge is -2.07. The Labute approximate surface area is 117 Å². The topological polar surface area (TPSA) is 37.3 Å². The summed E-state index contributed by atoms with van der Waals surface area (Å²) in [6.45, 7) is 3.91. The third-order valence-corrected chi connectivity index (χ3v) is 4.14. The summed E-state index contributed by atoms with van der Waals surface area (Å²) >= 11 is 1.66. The summed E-state index contributed by atoms with van der Waals surface area (Å²) in [5.41, 5.74) is 3.73. The number of benzene rings is 2. The Bertz CT molecular complexity index is 605. The lowest BCUT2D eigenvalue weighted by molar-refractivity contribution is 0.0696. The van der Waals surface area contributed by atoms with Crippen molar-refractivity contribution in [3.8, 4) is 0 Å². The minimum atomic E-state index is -0.865. The first-order valence-corrected chi connectivity index (χ1v) is 7.08. The quantitative estimate of drug-likeness (QED) is 0.843. The molecule has 0 aliphatic rings. The molecule has 1 N–H and O–H groups in total. The van der Waals surface area contributed by atoms with Crippen LogP contribution in [0.15, 0.2) is 47.4 Å². The first kappa shape index (κ1) is 13.7. The summed E-state index contributed by atoms with van der Waals surface area (Å²) in [5, 5.41) is 9.11. The zero-order valence-corrected chi connectivity index (χ0v) is 11.8. The van der Waals surface area contributed by atoms with Crippen LogP contribution >= 0.6 is 11.8 Å². The molecule has 0 aliphatic heterocycles. The highest BCUT2D eigenvalue weighted by molar-refractivity contribution is 7.98. The van der Waals surface area contributed by atoms with Crippen molar-refractivity contribution >= 4 is 17.7 Å². The molecule has 0 aromatic heterocycles. The zero-order valence-electron chi connectivity index (χ0n) is 11.0. The SMILES string of the molecule is Cc1ccccc1CSc1ccc(C)c(C(=O)O)c1. The van der Waals surface area contributed by atoms with E-state index in [9.17, 15) is 4.79 Å². The number of aromatic carboxylic acids is 1. The molecule has 2 rings (SSSR count). The number of thioether (sulfide) groups is 1. The standard InChI is InChI=1S/C16H16O2S/c1-11-5-3-4-6-13(11)10-19-14-8-7-12(2)15(9-14)16(17)18/h3-9H,10H2,1-2H3,(H,17,18). The summed E-state index contributed by atoms with van der Waals surface area (Å²) in [7, 11) is 0. The molecule has 0 atom stereocenters. The average molecular weight is 272 g/mol. The predicted octanol–water partition coefficient (Wildman–Crippen LogP) is 4.29. The molecule has 0 spiro atoms. The fraction of sp³-hybridized carbons (Fsp3) is 0.188. The van der Waals surface area contributed by atoms with E-state index in [0.717, 1.165) is 16.2 Å². The van der Waals surface area contributed by atoms with Gasteiger partial charge in [-0.3, -0.25) is 0 Å². The molecular weight excluding hydrogens is 256 g/mol. The molecule has 98 valence electrons. The summed E-state index contributed by atoms with van der Waals surface area (Å²) in [6, 6.07) is 13.8. The van der Waals surface area contributed by atoms with Crippen LogP contribution in [0.25, 0.3) is 0 Å². The van der Waals surface area contributed by atoms with E-state index < -0.39 is 5.97 Å². The van der Waals surface area contributed by atoms with Crippen LogP contribution in [0.5, 0.6) is 0 Å². The molecule has 0 saturated carbocycles. The van der Waals surface area contributed by atoms with Gasteiger partial charge in [-0.05, 0) is 42.7 Å². The van der Waals surface area contributed by atoms with Gasteiger partial charge in [-0.1, -0.05) is 30.3 Å². The second kappa shape index (κ2) is 5.93. The third-order valence-electron chi connectivity index (χ3n) is 3.10. The highest BCUT2D eigenvalue weighted by atomic mass is 32.2. The van der Waals surface area contributed by atoms with Gasteiger partial charge in [0.1, 0.15) is 0 Å². The Balaban J connectivity index is 2.14. The molecule has 0 radical (unpaired) electrons. The van der Waals surface area contributed by atoms with Gasteiger partial charge < -0.3 is 5.11 Å². The highest BCUT2D eigenvalue weighted by Gasteiger charge is 2.08. The number of rotatable bonds is 4. The largest absolute Gasteiger partial charge is 0.478 e. The van der Waals surface area contributed by atoms with Crippen molar-refractivity contribution in [2.24, 2.45) is 0 Å². The van der Waals surface area contributed by atoms with Crippen molar-refractivity contribution in [2.45, 2.75) is 24.5 Å². The number of carboxylic acid groups (broad SMARTS) is 1. The molecule has 0 unspecified atom stereocenters. The first-order chi connectivity index (χ1) is 9.08. The van der Waals surface area contributed by atoms with E-state index in [0.29, 0.717) is 5.56 Å². The Morgan fingerprint density at radius 2 is 1.84 bits per heavy atom. The zero-order chi connectivity index (χ0) is 13.8. The molecule has 2 aromatic carbocycles. The lowest BCUT2D eigenvalue weighted by atomic mass is 10.1. The summed E-state index contributed by atoms with van der Waals surface area (Å²) in [4.78, 5) is 12.1. The molecule has 0 fully saturated rings. The molecule has 3 heteroatoms. The highest BCUT2D eigenvalue weighted by Crippen LogP contribution is 2.26. The van der Waals surface area contributed by atoms with Gasteiger partial charge in [-0.25, -0.2) is 4.79 Å². The van der Waals surface area contributed by atoms with E-state index >= 15 is 0 Å². The number of carbonyl (C=O) groups is 1. The second-order valence-electron chi connectivity index (χ2n) is 4.50. The summed E-state index contributed by atoms with van der Waals surface area (Å²) < 4.78 is 0. The molecule has 0 bridgehead atoms. The van der Waals surface area contributed by atoms with Gasteiger partial charge in [0, 0.05) is 10.6 Å². The van der Waals surface area contributed by atoms with Gasteiger partial charge in [0.2, 0.25) is 0 Å². The van der Waals surface area contributed by atoms with Crippen LogP contribution in [0.4, 0.5) is 0 Å². The molecule has 0 amide bonds. The van der Waals surface area contributed by atoms with Crippen molar-refractivity contribution in [2.75, 3.05) is 0 Å². The minimum absolute atomic E-state index is 0.384. The molecule has 0 heterocycles. The third kappa shape index (κ3) is 3.38. The predicted molar refractivity (Wildman–Crippen MR) is 78.9 cm³/mol. The van der Waals surface area contributed by atoms with Crippen LogP contribution in [-0.4, -0.2) is 11.1 Å². The van der Waals surface area contributed by atoms with E-state index in [2.05, 4.69) is 19.1 Å². The monoisotopic (exact) mass is 272 g/mol. The fourth-order valence-electron chi connectivity index (χ4n) is 1.85.